The second-order valence-corrected chi connectivity index (χ2v) is 5.99. The molecule has 0 spiro atoms. The molecule has 2 N–H and O–H groups in total. The molecular weight excluding hydrogens is 327 g/mol. The number of nitrogens with one attached hydrogen (secondary N) is 1. The SMILES string of the molecule is CC1NC(c2ccccc2)N(C(Cc2ccccc2)C(=O)O)C1=O.[Na+]. The van der Waals surface area contributed by atoms with Crippen LogP contribution >= 0.6 is 0 Å². The number of carboxylic acid groups (broad SMARTS) is 1. The summed E-state index contributed by atoms with van der Waals surface area (Å²) in [6, 6.07) is 17.5. The Balaban J connectivity index is 0.00000225. The smallest absolute Gasteiger partial charge is 0.480 e. The van der Waals surface area contributed by atoms with Crippen molar-refractivity contribution >= 4 is 11.9 Å². The maximum atomic E-state index is 12.6. The van der Waals surface area contributed by atoms with Gasteiger partial charge in [-0.15, -0.1) is 0 Å². The summed E-state index contributed by atoms with van der Waals surface area (Å²) in [4.78, 5) is 26.0. The number of amides is 1. The molecule has 2 aromatic rings. The van der Waals surface area contributed by atoms with Gasteiger partial charge in [0.15, 0.2) is 0 Å². The summed E-state index contributed by atoms with van der Waals surface area (Å²) in [5, 5.41) is 12.9. The van der Waals surface area contributed by atoms with Crippen LogP contribution in [0.1, 0.15) is 24.2 Å². The van der Waals surface area contributed by atoms with Gasteiger partial charge in [0, 0.05) is 6.42 Å². The number of hydrogen-bond acceptors (Lipinski definition) is 3. The van der Waals surface area contributed by atoms with Crippen LogP contribution in [-0.2, 0) is 16.0 Å². The molecule has 1 heterocycles. The van der Waals surface area contributed by atoms with Crippen LogP contribution < -0.4 is 34.9 Å². The fourth-order valence-electron chi connectivity index (χ4n) is 3.11. The molecule has 6 heteroatoms. The van der Waals surface area contributed by atoms with E-state index in [2.05, 4.69) is 5.32 Å². The second-order valence-electron chi connectivity index (χ2n) is 5.99. The molecule has 0 saturated carbocycles. The van der Waals surface area contributed by atoms with Crippen molar-refractivity contribution in [3.8, 4) is 0 Å². The van der Waals surface area contributed by atoms with Gasteiger partial charge in [-0.2, -0.15) is 0 Å². The maximum Gasteiger partial charge on any atom is 1.00 e. The topological polar surface area (TPSA) is 69.6 Å². The Kier molecular flexibility index (Phi) is 6.79. The average Bonchev–Trinajstić information content (AvgIpc) is 2.89. The molecule has 3 rings (SSSR count). The minimum atomic E-state index is -0.996. The first-order valence-corrected chi connectivity index (χ1v) is 7.98. The summed E-state index contributed by atoms with van der Waals surface area (Å²) >= 11 is 0. The van der Waals surface area contributed by atoms with Crippen molar-refractivity contribution < 1.29 is 44.3 Å². The molecule has 1 fully saturated rings. The number of carboxylic acids is 1. The van der Waals surface area contributed by atoms with Crippen LogP contribution in [0.4, 0.5) is 0 Å². The molecule has 0 aliphatic carbocycles. The molecule has 3 unspecified atom stereocenters. The Morgan fingerprint density at radius 1 is 1.12 bits per heavy atom. The Bertz CT molecular complexity index is 724. The Morgan fingerprint density at radius 2 is 1.68 bits per heavy atom. The molecule has 124 valence electrons. The summed E-state index contributed by atoms with van der Waals surface area (Å²) < 4.78 is 0. The number of nitrogens with zero attached hydrogens (tertiary/aromatic N) is 1. The van der Waals surface area contributed by atoms with Gasteiger partial charge in [-0.1, -0.05) is 60.7 Å². The summed E-state index contributed by atoms with van der Waals surface area (Å²) in [5.74, 6) is -1.18. The van der Waals surface area contributed by atoms with Crippen LogP contribution in [0.5, 0.6) is 0 Å². The number of hydrogen-bond donors (Lipinski definition) is 2. The fourth-order valence-corrected chi connectivity index (χ4v) is 3.11. The molecule has 2 aromatic carbocycles. The number of carbonyl (C=O) groups excluding carboxylic acids is 1. The van der Waals surface area contributed by atoms with Crippen molar-refractivity contribution in [1.29, 1.82) is 0 Å². The van der Waals surface area contributed by atoms with Gasteiger partial charge in [-0.3, -0.25) is 10.1 Å². The predicted octanol–water partition coefficient (Wildman–Crippen LogP) is -0.795. The van der Waals surface area contributed by atoms with E-state index in [4.69, 9.17) is 0 Å². The van der Waals surface area contributed by atoms with E-state index in [0.29, 0.717) is 0 Å². The third-order valence-corrected chi connectivity index (χ3v) is 4.32. The minimum absolute atomic E-state index is 0. The zero-order valence-corrected chi connectivity index (χ0v) is 16.4. The van der Waals surface area contributed by atoms with E-state index in [1.54, 1.807) is 6.92 Å². The number of benzene rings is 2. The van der Waals surface area contributed by atoms with Crippen molar-refractivity contribution in [2.75, 3.05) is 0 Å². The largest absolute Gasteiger partial charge is 1.00 e. The van der Waals surface area contributed by atoms with E-state index in [1.165, 1.54) is 4.90 Å². The molecule has 25 heavy (non-hydrogen) atoms. The first kappa shape index (κ1) is 19.7. The minimum Gasteiger partial charge on any atom is -0.480 e. The molecule has 1 aliphatic heterocycles. The average molecular weight is 347 g/mol. The predicted molar refractivity (Wildman–Crippen MR) is 90.2 cm³/mol. The van der Waals surface area contributed by atoms with E-state index < -0.39 is 24.2 Å². The number of carbonyl (C=O) groups is 2. The fraction of sp³-hybridized carbons (Fsp3) is 0.263. The Labute approximate surface area is 169 Å². The Hall–Kier alpha value is -1.66. The molecule has 0 radical (unpaired) electrons. The van der Waals surface area contributed by atoms with Crippen molar-refractivity contribution in [3.63, 3.8) is 0 Å². The number of rotatable bonds is 5. The van der Waals surface area contributed by atoms with Crippen LogP contribution in [0.2, 0.25) is 0 Å². The zero-order chi connectivity index (χ0) is 17.1. The van der Waals surface area contributed by atoms with E-state index in [-0.39, 0.29) is 41.9 Å². The van der Waals surface area contributed by atoms with Crippen LogP contribution in [0.25, 0.3) is 0 Å². The standard InChI is InChI=1S/C19H20N2O3.Na/c1-13-18(22)21(17(20-13)15-10-6-3-7-11-15)16(19(23)24)12-14-8-4-2-5-9-14;/h2-11,13,16-17,20H,12H2,1H3,(H,23,24);/q;+1. The molecule has 1 aliphatic rings. The van der Waals surface area contributed by atoms with Crippen LogP contribution in [-0.4, -0.2) is 34.0 Å². The maximum absolute atomic E-state index is 12.6. The van der Waals surface area contributed by atoms with E-state index in [1.807, 2.05) is 60.7 Å². The van der Waals surface area contributed by atoms with E-state index in [9.17, 15) is 14.7 Å². The van der Waals surface area contributed by atoms with Crippen LogP contribution in [0, 0.1) is 0 Å². The van der Waals surface area contributed by atoms with Crippen molar-refractivity contribution in [1.82, 2.24) is 10.2 Å². The van der Waals surface area contributed by atoms with E-state index >= 15 is 0 Å². The van der Waals surface area contributed by atoms with Gasteiger partial charge in [0.1, 0.15) is 12.2 Å². The monoisotopic (exact) mass is 347 g/mol. The van der Waals surface area contributed by atoms with Gasteiger partial charge < -0.3 is 10.0 Å². The molecule has 1 saturated heterocycles. The molecule has 1 amide bonds. The first-order chi connectivity index (χ1) is 11.6. The van der Waals surface area contributed by atoms with Gasteiger partial charge in [0.05, 0.1) is 6.04 Å². The van der Waals surface area contributed by atoms with Crippen LogP contribution in [0.3, 0.4) is 0 Å². The zero-order valence-electron chi connectivity index (χ0n) is 14.4. The van der Waals surface area contributed by atoms with Crippen molar-refractivity contribution in [3.05, 3.63) is 71.8 Å². The molecule has 0 bridgehead atoms. The normalized spacial score (nSPS) is 20.8. The quantitative estimate of drug-likeness (QED) is 0.696. The third-order valence-electron chi connectivity index (χ3n) is 4.32. The van der Waals surface area contributed by atoms with Gasteiger partial charge in [0.2, 0.25) is 5.91 Å². The molecular formula is C19H20N2NaO3+. The molecule has 3 atom stereocenters. The summed E-state index contributed by atoms with van der Waals surface area (Å²) in [6.07, 6.45) is -0.155. The van der Waals surface area contributed by atoms with Gasteiger partial charge >= 0.3 is 35.5 Å². The van der Waals surface area contributed by atoms with Crippen molar-refractivity contribution in [2.24, 2.45) is 0 Å². The Morgan fingerprint density at radius 3 is 2.24 bits per heavy atom. The molecule has 5 nitrogen and oxygen atoms in total. The molecule has 0 aromatic heterocycles. The number of aliphatic carboxylic acids is 1. The van der Waals surface area contributed by atoms with Gasteiger partial charge in [0.25, 0.3) is 0 Å². The summed E-state index contributed by atoms with van der Waals surface area (Å²) in [6.45, 7) is 1.76. The summed E-state index contributed by atoms with van der Waals surface area (Å²) in [7, 11) is 0. The van der Waals surface area contributed by atoms with E-state index in [0.717, 1.165) is 11.1 Å². The third kappa shape index (κ3) is 4.30. The summed E-state index contributed by atoms with van der Waals surface area (Å²) in [5.41, 5.74) is 1.78. The van der Waals surface area contributed by atoms with Crippen LogP contribution in [0.15, 0.2) is 60.7 Å². The van der Waals surface area contributed by atoms with Crippen molar-refractivity contribution in [2.45, 2.75) is 31.6 Å². The van der Waals surface area contributed by atoms with Gasteiger partial charge in [-0.25, -0.2) is 4.79 Å². The second kappa shape index (κ2) is 8.63. The first-order valence-electron chi connectivity index (χ1n) is 7.98. The van der Waals surface area contributed by atoms with Gasteiger partial charge in [-0.05, 0) is 18.1 Å².